The van der Waals surface area contributed by atoms with E-state index in [4.69, 9.17) is 0 Å². The molecule has 0 saturated heterocycles. The van der Waals surface area contributed by atoms with Gasteiger partial charge in [-0.3, -0.25) is 4.79 Å². The number of rotatable bonds is 56. The summed E-state index contributed by atoms with van der Waals surface area (Å²) in [6.45, 7) is 4.06. The molecule has 68 heavy (non-hydrogen) atoms. The zero-order chi connectivity index (χ0) is 49.5. The second-order valence-electron chi connectivity index (χ2n) is 21.0. The van der Waals surface area contributed by atoms with Crippen molar-refractivity contribution in [2.75, 3.05) is 6.61 Å². The fraction of sp³-hybridized carbons (Fsp3) is 0.887. The van der Waals surface area contributed by atoms with Gasteiger partial charge in [0.25, 0.3) is 0 Å². The van der Waals surface area contributed by atoms with Crippen LogP contribution in [0, 0.1) is 0 Å². The van der Waals surface area contributed by atoms with Gasteiger partial charge in [-0.1, -0.05) is 288 Å². The Balaban J connectivity index is 3.54. The molecule has 0 bridgehead atoms. The van der Waals surface area contributed by atoms with Gasteiger partial charge in [0, 0.05) is 0 Å². The first-order valence-electron chi connectivity index (χ1n) is 30.4. The molecule has 0 fully saturated rings. The molecule has 0 aliphatic heterocycles. The Hall–Kier alpha value is -1.47. The molecule has 1 amide bonds. The number of allylic oxidation sites excluding steroid dienone is 6. The molecule has 0 heterocycles. The van der Waals surface area contributed by atoms with Gasteiger partial charge in [0.05, 0.1) is 18.8 Å². The quantitative estimate of drug-likeness (QED) is 0.0308. The van der Waals surface area contributed by atoms with Gasteiger partial charge in [0.2, 0.25) is 5.91 Å². The first-order valence-corrected chi connectivity index (χ1v) is 30.4. The summed E-state index contributed by atoms with van der Waals surface area (Å²) in [5, 5.41) is 43.9. The van der Waals surface area contributed by atoms with E-state index in [0.29, 0.717) is 12.8 Å². The average Bonchev–Trinajstić information content (AvgIpc) is 3.34. The van der Waals surface area contributed by atoms with Crippen LogP contribution >= 0.6 is 0 Å². The van der Waals surface area contributed by atoms with Crippen LogP contribution in [0.3, 0.4) is 0 Å². The van der Waals surface area contributed by atoms with Crippen molar-refractivity contribution < 1.29 is 25.2 Å². The van der Waals surface area contributed by atoms with E-state index in [0.717, 1.165) is 44.9 Å². The van der Waals surface area contributed by atoms with Crippen molar-refractivity contribution >= 4 is 5.91 Å². The standard InChI is InChI=1S/C62H119NO5/c1-3-5-7-9-11-13-15-17-19-20-21-22-23-24-25-26-27-28-29-30-31-32-33-34-35-36-37-38-39-40-41-42-44-46-48-50-52-54-56-60(66)62(68)63-58(57-64)61(67)59(65)55-53-51-49-47-45-43-18-16-14-12-10-8-6-4-2/h27-28,30-31,47,49,58-61,64-67H,3-26,29,32-46,48,50-57H2,1-2H3,(H,63,68)/b28-27-,31-30-,49-47+. The smallest absolute Gasteiger partial charge is 0.249 e. The van der Waals surface area contributed by atoms with Crippen molar-refractivity contribution in [1.29, 1.82) is 0 Å². The van der Waals surface area contributed by atoms with E-state index in [1.54, 1.807) is 0 Å². The van der Waals surface area contributed by atoms with Crippen molar-refractivity contribution in [1.82, 2.24) is 5.32 Å². The van der Waals surface area contributed by atoms with Gasteiger partial charge in [-0.15, -0.1) is 0 Å². The lowest BCUT2D eigenvalue weighted by atomic mass is 10.00. The van der Waals surface area contributed by atoms with E-state index in [1.165, 1.54) is 250 Å². The van der Waals surface area contributed by atoms with Gasteiger partial charge in [0.15, 0.2) is 0 Å². The number of hydrogen-bond donors (Lipinski definition) is 5. The van der Waals surface area contributed by atoms with Crippen molar-refractivity contribution in [3.8, 4) is 0 Å². The predicted octanol–water partition coefficient (Wildman–Crippen LogP) is 18.0. The molecular formula is C62H119NO5. The summed E-state index contributed by atoms with van der Waals surface area (Å²) in [5.41, 5.74) is 0. The summed E-state index contributed by atoms with van der Waals surface area (Å²) >= 11 is 0. The van der Waals surface area contributed by atoms with E-state index in [-0.39, 0.29) is 0 Å². The zero-order valence-electron chi connectivity index (χ0n) is 45.6. The number of nitrogens with one attached hydrogen (secondary N) is 1. The summed E-state index contributed by atoms with van der Waals surface area (Å²) in [4.78, 5) is 12.6. The van der Waals surface area contributed by atoms with Crippen molar-refractivity contribution in [2.45, 2.75) is 346 Å². The maximum Gasteiger partial charge on any atom is 0.249 e. The van der Waals surface area contributed by atoms with Crippen LogP contribution in [0.5, 0.6) is 0 Å². The molecule has 0 radical (unpaired) electrons. The van der Waals surface area contributed by atoms with Gasteiger partial charge in [-0.05, 0) is 70.6 Å². The SMILES string of the molecule is CCCCCCCCCCC/C=C/CCCC(O)C(O)C(CO)NC(=O)C(O)CCCCCCCCCCCCCCCCCC/C=C\C/C=C\CCCCCCCCCCCCCCCCC. The van der Waals surface area contributed by atoms with Crippen LogP contribution in [-0.2, 0) is 4.79 Å². The zero-order valence-corrected chi connectivity index (χ0v) is 45.6. The Kier molecular flexibility index (Phi) is 55.2. The minimum absolute atomic E-state index is 0.364. The highest BCUT2D eigenvalue weighted by atomic mass is 16.3. The van der Waals surface area contributed by atoms with Crippen LogP contribution in [0.2, 0.25) is 0 Å². The third-order valence-corrected chi connectivity index (χ3v) is 14.3. The van der Waals surface area contributed by atoms with E-state index in [1.807, 2.05) is 0 Å². The van der Waals surface area contributed by atoms with E-state index in [9.17, 15) is 25.2 Å². The fourth-order valence-corrected chi connectivity index (χ4v) is 9.56. The minimum Gasteiger partial charge on any atom is -0.394 e. The molecule has 0 aliphatic carbocycles. The largest absolute Gasteiger partial charge is 0.394 e. The first kappa shape index (κ1) is 66.5. The topological polar surface area (TPSA) is 110 Å². The number of unbranched alkanes of at least 4 members (excludes halogenated alkanes) is 41. The van der Waals surface area contributed by atoms with Crippen LogP contribution in [-0.4, -0.2) is 57.3 Å². The molecule has 0 aromatic rings. The maximum absolute atomic E-state index is 12.6. The number of hydrogen-bond acceptors (Lipinski definition) is 5. The summed E-state index contributed by atoms with van der Waals surface area (Å²) in [6.07, 6.45) is 71.1. The number of carbonyl (C=O) groups excluding carboxylic acids is 1. The molecule has 0 aromatic carbocycles. The third-order valence-electron chi connectivity index (χ3n) is 14.3. The van der Waals surface area contributed by atoms with E-state index >= 15 is 0 Å². The van der Waals surface area contributed by atoms with Gasteiger partial charge < -0.3 is 25.7 Å². The second-order valence-corrected chi connectivity index (χ2v) is 21.0. The van der Waals surface area contributed by atoms with Crippen molar-refractivity contribution in [3.05, 3.63) is 36.5 Å². The van der Waals surface area contributed by atoms with Gasteiger partial charge in [-0.2, -0.15) is 0 Å². The molecular weight excluding hydrogens is 839 g/mol. The summed E-state index contributed by atoms with van der Waals surface area (Å²) in [5.74, 6) is -0.591. The molecule has 4 unspecified atom stereocenters. The normalized spacial score (nSPS) is 13.9. The first-order chi connectivity index (χ1) is 33.5. The monoisotopic (exact) mass is 958 g/mol. The summed E-state index contributed by atoms with van der Waals surface area (Å²) in [7, 11) is 0. The highest BCUT2D eigenvalue weighted by molar-refractivity contribution is 5.80. The third kappa shape index (κ3) is 49.5. The minimum atomic E-state index is -1.28. The average molecular weight is 959 g/mol. The summed E-state index contributed by atoms with van der Waals surface area (Å²) < 4.78 is 0. The van der Waals surface area contributed by atoms with Gasteiger partial charge in [0.1, 0.15) is 12.2 Å². The molecule has 402 valence electrons. The number of amides is 1. The molecule has 6 nitrogen and oxygen atoms in total. The Morgan fingerprint density at radius 2 is 0.647 bits per heavy atom. The molecule has 0 saturated carbocycles. The highest BCUT2D eigenvalue weighted by Gasteiger charge is 2.28. The Bertz CT molecular complexity index is 1080. The highest BCUT2D eigenvalue weighted by Crippen LogP contribution is 2.18. The lowest BCUT2D eigenvalue weighted by Gasteiger charge is -2.27. The molecule has 4 atom stereocenters. The van der Waals surface area contributed by atoms with Crippen LogP contribution < -0.4 is 5.32 Å². The van der Waals surface area contributed by atoms with Crippen molar-refractivity contribution in [2.24, 2.45) is 0 Å². The number of carbonyl (C=O) groups is 1. The van der Waals surface area contributed by atoms with Gasteiger partial charge in [-0.25, -0.2) is 0 Å². The van der Waals surface area contributed by atoms with E-state index < -0.39 is 36.9 Å². The molecule has 0 rings (SSSR count). The lowest BCUT2D eigenvalue weighted by Crippen LogP contribution is -2.53. The maximum atomic E-state index is 12.6. The fourth-order valence-electron chi connectivity index (χ4n) is 9.56. The molecule has 0 aliphatic rings. The second kappa shape index (κ2) is 56.4. The number of aliphatic hydroxyl groups is 4. The van der Waals surface area contributed by atoms with E-state index in [2.05, 4.69) is 55.6 Å². The molecule has 0 aromatic heterocycles. The molecule has 6 heteroatoms. The van der Waals surface area contributed by atoms with Crippen LogP contribution in [0.4, 0.5) is 0 Å². The lowest BCUT2D eigenvalue weighted by molar-refractivity contribution is -0.132. The van der Waals surface area contributed by atoms with Crippen molar-refractivity contribution in [3.63, 3.8) is 0 Å². The van der Waals surface area contributed by atoms with Gasteiger partial charge >= 0.3 is 0 Å². The Labute approximate surface area is 424 Å². The molecule has 0 spiro atoms. The molecule has 5 N–H and O–H groups in total. The predicted molar refractivity (Wildman–Crippen MR) is 297 cm³/mol. The Morgan fingerprint density at radius 1 is 0.368 bits per heavy atom. The summed E-state index contributed by atoms with van der Waals surface area (Å²) in [6, 6.07) is -1.00. The Morgan fingerprint density at radius 3 is 0.971 bits per heavy atom. The van der Waals surface area contributed by atoms with Crippen LogP contribution in [0.25, 0.3) is 0 Å². The van der Waals surface area contributed by atoms with Crippen LogP contribution in [0.1, 0.15) is 322 Å². The number of aliphatic hydroxyl groups excluding tert-OH is 4. The van der Waals surface area contributed by atoms with Crippen LogP contribution in [0.15, 0.2) is 36.5 Å².